The van der Waals surface area contributed by atoms with Crippen LogP contribution in [0.4, 0.5) is 0 Å². The van der Waals surface area contributed by atoms with Gasteiger partial charge in [-0.2, -0.15) is 0 Å². The molecule has 5 nitrogen and oxygen atoms in total. The Hall–Kier alpha value is -4.22. The summed E-state index contributed by atoms with van der Waals surface area (Å²) in [6, 6.07) is 37.6. The smallest absolute Gasteiger partial charge is 0.323 e. The Morgan fingerprint density at radius 1 is 0.686 bits per heavy atom. The molecule has 4 aromatic carbocycles. The van der Waals surface area contributed by atoms with Crippen molar-refractivity contribution >= 4 is 11.9 Å². The van der Waals surface area contributed by atoms with Gasteiger partial charge in [0.05, 0.1) is 6.42 Å². The molecule has 0 aromatic heterocycles. The Bertz CT molecular complexity index is 1130. The van der Waals surface area contributed by atoms with Crippen molar-refractivity contribution in [1.82, 2.24) is 5.32 Å². The second kappa shape index (κ2) is 11.3. The van der Waals surface area contributed by atoms with E-state index in [0.29, 0.717) is 0 Å². The number of hydrogen-bond donors (Lipinski definition) is 2. The van der Waals surface area contributed by atoms with Gasteiger partial charge in [0.15, 0.2) is 0 Å². The number of nitrogens with one attached hydrogen (secondary N) is 1. The Morgan fingerprint density at radius 3 is 1.51 bits per heavy atom. The molecule has 1 atom stereocenters. The van der Waals surface area contributed by atoms with Gasteiger partial charge in [-0.05, 0) is 22.3 Å². The van der Waals surface area contributed by atoms with Gasteiger partial charge in [0.1, 0.15) is 18.2 Å². The summed E-state index contributed by atoms with van der Waals surface area (Å²) in [5.41, 5.74) is 8.66. The average Bonchev–Trinajstić information content (AvgIpc) is 2.92. The van der Waals surface area contributed by atoms with Gasteiger partial charge in [-0.25, -0.2) is 0 Å². The van der Waals surface area contributed by atoms with Crippen LogP contribution in [0.15, 0.2) is 121 Å². The lowest BCUT2D eigenvalue weighted by Gasteiger charge is -2.37. The van der Waals surface area contributed by atoms with Crippen molar-refractivity contribution in [1.29, 1.82) is 0 Å². The predicted octanol–water partition coefficient (Wildman–Crippen LogP) is 4.56. The van der Waals surface area contributed by atoms with Crippen LogP contribution in [0.2, 0.25) is 0 Å². The molecule has 0 bridgehead atoms. The minimum Gasteiger partial charge on any atom is -0.460 e. The summed E-state index contributed by atoms with van der Waals surface area (Å²) in [5.74, 6) is -0.973. The van der Waals surface area contributed by atoms with Crippen LogP contribution < -0.4 is 11.1 Å². The molecule has 176 valence electrons. The molecule has 0 aliphatic carbocycles. The molecule has 3 N–H and O–H groups in total. The zero-order valence-corrected chi connectivity index (χ0v) is 19.3. The molecule has 0 saturated heterocycles. The average molecular weight is 465 g/mol. The van der Waals surface area contributed by atoms with Crippen molar-refractivity contribution in [2.24, 2.45) is 5.73 Å². The van der Waals surface area contributed by atoms with Crippen LogP contribution in [-0.4, -0.2) is 17.9 Å². The molecule has 1 amide bonds. The van der Waals surface area contributed by atoms with E-state index in [9.17, 15) is 9.59 Å². The first-order valence-corrected chi connectivity index (χ1v) is 11.5. The number of carbonyl (C=O) groups is 2. The lowest BCUT2D eigenvalue weighted by atomic mass is 9.77. The summed E-state index contributed by atoms with van der Waals surface area (Å²) in [6.07, 6.45) is -0.206. The van der Waals surface area contributed by atoms with Crippen molar-refractivity contribution in [3.8, 4) is 0 Å². The quantitative estimate of drug-likeness (QED) is 0.281. The topological polar surface area (TPSA) is 81.4 Å². The first kappa shape index (κ1) is 23.9. The van der Waals surface area contributed by atoms with Crippen molar-refractivity contribution in [2.45, 2.75) is 24.6 Å². The Kier molecular flexibility index (Phi) is 7.70. The SMILES string of the molecule is N[C@H](CC(=O)NC(c1ccccc1)(c1ccccc1)c1ccccc1)C(=O)OCc1ccccc1. The first-order valence-electron chi connectivity index (χ1n) is 11.5. The van der Waals surface area contributed by atoms with E-state index >= 15 is 0 Å². The maximum Gasteiger partial charge on any atom is 0.323 e. The van der Waals surface area contributed by atoms with E-state index in [1.54, 1.807) is 0 Å². The Morgan fingerprint density at radius 2 is 1.09 bits per heavy atom. The molecule has 0 fully saturated rings. The number of amides is 1. The lowest BCUT2D eigenvalue weighted by Crippen LogP contribution is -2.49. The van der Waals surface area contributed by atoms with E-state index < -0.39 is 17.6 Å². The summed E-state index contributed by atoms with van der Waals surface area (Å²) in [5, 5.41) is 3.21. The van der Waals surface area contributed by atoms with Crippen LogP contribution in [0.1, 0.15) is 28.7 Å². The normalized spacial score (nSPS) is 11.9. The minimum absolute atomic E-state index is 0.108. The van der Waals surface area contributed by atoms with Gasteiger partial charge < -0.3 is 15.8 Å². The fourth-order valence-corrected chi connectivity index (χ4v) is 4.16. The molecule has 4 aromatic rings. The summed E-state index contributed by atoms with van der Waals surface area (Å²) >= 11 is 0. The van der Waals surface area contributed by atoms with E-state index in [4.69, 9.17) is 10.5 Å². The maximum absolute atomic E-state index is 13.4. The number of rotatable bonds is 9. The van der Waals surface area contributed by atoms with Crippen molar-refractivity contribution in [2.75, 3.05) is 0 Å². The van der Waals surface area contributed by atoms with Crippen LogP contribution in [-0.2, 0) is 26.5 Å². The highest BCUT2D eigenvalue weighted by Gasteiger charge is 2.38. The molecule has 35 heavy (non-hydrogen) atoms. The van der Waals surface area contributed by atoms with Crippen LogP contribution in [0.3, 0.4) is 0 Å². The molecule has 5 heteroatoms. The van der Waals surface area contributed by atoms with Crippen molar-refractivity contribution < 1.29 is 14.3 Å². The number of esters is 1. The van der Waals surface area contributed by atoms with Crippen LogP contribution >= 0.6 is 0 Å². The van der Waals surface area contributed by atoms with Gasteiger partial charge in [-0.1, -0.05) is 121 Å². The Balaban J connectivity index is 1.60. The standard InChI is InChI=1S/C30H28N2O3/c31-27(29(34)35-22-23-13-5-1-6-14-23)21-28(33)32-30(24-15-7-2-8-16-24,25-17-9-3-10-18-25)26-19-11-4-12-20-26/h1-20,27H,21-22,31H2,(H,32,33)/t27-/m1/s1. The third-order valence-corrected chi connectivity index (χ3v) is 5.88. The van der Waals surface area contributed by atoms with E-state index in [0.717, 1.165) is 22.3 Å². The molecule has 0 radical (unpaired) electrons. The first-order chi connectivity index (χ1) is 17.1. The second-order valence-corrected chi connectivity index (χ2v) is 8.30. The summed E-state index contributed by atoms with van der Waals surface area (Å²) in [7, 11) is 0. The largest absolute Gasteiger partial charge is 0.460 e. The molecular formula is C30H28N2O3. The summed E-state index contributed by atoms with van der Waals surface area (Å²) in [4.78, 5) is 25.9. The van der Waals surface area contributed by atoms with Gasteiger partial charge in [0.25, 0.3) is 0 Å². The maximum atomic E-state index is 13.4. The molecule has 0 aliphatic rings. The van der Waals surface area contributed by atoms with Crippen molar-refractivity contribution in [3.05, 3.63) is 144 Å². The fraction of sp³-hybridized carbons (Fsp3) is 0.133. The highest BCUT2D eigenvalue weighted by molar-refractivity contribution is 5.86. The molecule has 0 unspecified atom stereocenters. The van der Waals surface area contributed by atoms with Gasteiger partial charge in [-0.3, -0.25) is 9.59 Å². The second-order valence-electron chi connectivity index (χ2n) is 8.30. The van der Waals surface area contributed by atoms with E-state index in [2.05, 4.69) is 5.32 Å². The highest BCUT2D eigenvalue weighted by Crippen LogP contribution is 2.36. The number of benzene rings is 4. The molecule has 0 spiro atoms. The number of hydrogen-bond acceptors (Lipinski definition) is 4. The number of nitrogens with two attached hydrogens (primary N) is 1. The van der Waals surface area contributed by atoms with Crippen LogP contribution in [0.25, 0.3) is 0 Å². The van der Waals surface area contributed by atoms with Crippen LogP contribution in [0, 0.1) is 0 Å². The molecule has 0 aliphatic heterocycles. The van der Waals surface area contributed by atoms with Gasteiger partial charge >= 0.3 is 5.97 Å². The monoisotopic (exact) mass is 464 g/mol. The molecule has 4 rings (SSSR count). The summed E-state index contributed by atoms with van der Waals surface area (Å²) < 4.78 is 5.33. The van der Waals surface area contributed by atoms with Gasteiger partial charge in [0, 0.05) is 0 Å². The molecular weight excluding hydrogens is 436 g/mol. The number of carbonyl (C=O) groups excluding carboxylic acids is 2. The third kappa shape index (κ3) is 5.65. The zero-order chi connectivity index (χ0) is 24.5. The number of ether oxygens (including phenoxy) is 1. The van der Waals surface area contributed by atoms with Crippen LogP contribution in [0.5, 0.6) is 0 Å². The fourth-order valence-electron chi connectivity index (χ4n) is 4.16. The molecule has 0 heterocycles. The van der Waals surface area contributed by atoms with E-state index in [-0.39, 0.29) is 18.9 Å². The minimum atomic E-state index is -1.08. The van der Waals surface area contributed by atoms with E-state index in [1.807, 2.05) is 121 Å². The zero-order valence-electron chi connectivity index (χ0n) is 19.3. The molecule has 0 saturated carbocycles. The Labute approximate surface area is 205 Å². The van der Waals surface area contributed by atoms with E-state index in [1.165, 1.54) is 0 Å². The summed E-state index contributed by atoms with van der Waals surface area (Å²) in [6.45, 7) is 0.108. The van der Waals surface area contributed by atoms with Gasteiger partial charge in [-0.15, -0.1) is 0 Å². The predicted molar refractivity (Wildman–Crippen MR) is 136 cm³/mol. The third-order valence-electron chi connectivity index (χ3n) is 5.88. The van der Waals surface area contributed by atoms with Crippen molar-refractivity contribution in [3.63, 3.8) is 0 Å². The van der Waals surface area contributed by atoms with Gasteiger partial charge in [0.2, 0.25) is 5.91 Å². The lowest BCUT2D eigenvalue weighted by molar-refractivity contribution is -0.148. The highest BCUT2D eigenvalue weighted by atomic mass is 16.5.